The Morgan fingerprint density at radius 2 is 2.25 bits per heavy atom. The summed E-state index contributed by atoms with van der Waals surface area (Å²) in [5.74, 6) is 0.946. The fraction of sp³-hybridized carbons (Fsp3) is 0.625. The van der Waals surface area contributed by atoms with Crippen molar-refractivity contribution in [1.82, 2.24) is 15.2 Å². The molecule has 1 aliphatic rings. The molecule has 1 aromatic heterocycles. The van der Waals surface area contributed by atoms with Crippen molar-refractivity contribution in [3.8, 4) is 0 Å². The molecule has 20 heavy (non-hydrogen) atoms. The van der Waals surface area contributed by atoms with Crippen LogP contribution in [0.1, 0.15) is 38.2 Å². The molecule has 4 nitrogen and oxygen atoms in total. The highest BCUT2D eigenvalue weighted by Gasteiger charge is 2.17. The molecule has 0 bridgehead atoms. The van der Waals surface area contributed by atoms with E-state index in [1.807, 2.05) is 24.0 Å². The van der Waals surface area contributed by atoms with Crippen LogP contribution in [0.15, 0.2) is 24.5 Å². The lowest BCUT2D eigenvalue weighted by atomic mass is 9.94. The molecular weight excluding hydrogens is 250 g/mol. The Kier molecular flexibility index (Phi) is 5.99. The second-order valence-electron chi connectivity index (χ2n) is 5.51. The van der Waals surface area contributed by atoms with Gasteiger partial charge < -0.3 is 10.2 Å². The lowest BCUT2D eigenvalue weighted by molar-refractivity contribution is -0.132. The largest absolute Gasteiger partial charge is 0.339 e. The zero-order chi connectivity index (χ0) is 14.2. The average Bonchev–Trinajstić information content (AvgIpc) is 2.52. The normalized spacial score (nSPS) is 18.8. The number of hydrogen-bond acceptors (Lipinski definition) is 3. The molecule has 0 aliphatic carbocycles. The van der Waals surface area contributed by atoms with E-state index in [0.717, 1.165) is 31.6 Å². The minimum Gasteiger partial charge on any atom is -0.339 e. The molecule has 1 aromatic rings. The minimum absolute atomic E-state index is 0.273. The van der Waals surface area contributed by atoms with Crippen LogP contribution in [0.3, 0.4) is 0 Å². The molecule has 1 amide bonds. The number of nitrogens with zero attached hydrogens (tertiary/aromatic N) is 2. The third kappa shape index (κ3) is 4.60. The number of aromatic nitrogens is 1. The molecule has 110 valence electrons. The van der Waals surface area contributed by atoms with E-state index in [9.17, 15) is 4.79 Å². The Morgan fingerprint density at radius 3 is 2.90 bits per heavy atom. The third-order valence-corrected chi connectivity index (χ3v) is 4.02. The first-order chi connectivity index (χ1) is 9.79. The number of piperidine rings is 1. The van der Waals surface area contributed by atoms with E-state index in [0.29, 0.717) is 18.9 Å². The molecule has 2 rings (SSSR count). The van der Waals surface area contributed by atoms with E-state index >= 15 is 0 Å². The quantitative estimate of drug-likeness (QED) is 0.866. The first-order valence-corrected chi connectivity index (χ1v) is 7.67. The summed E-state index contributed by atoms with van der Waals surface area (Å²) in [7, 11) is 0. The Hall–Kier alpha value is -1.42. The van der Waals surface area contributed by atoms with Crippen molar-refractivity contribution in [2.24, 2.45) is 5.92 Å². The van der Waals surface area contributed by atoms with Gasteiger partial charge in [-0.25, -0.2) is 0 Å². The van der Waals surface area contributed by atoms with Crippen molar-refractivity contribution >= 4 is 5.91 Å². The number of amides is 1. The van der Waals surface area contributed by atoms with E-state index in [-0.39, 0.29) is 5.91 Å². The van der Waals surface area contributed by atoms with Crippen LogP contribution in [0.25, 0.3) is 0 Å². The van der Waals surface area contributed by atoms with Crippen LogP contribution < -0.4 is 5.32 Å². The molecule has 2 heterocycles. The van der Waals surface area contributed by atoms with Crippen molar-refractivity contribution in [3.05, 3.63) is 30.1 Å². The number of hydrogen-bond donors (Lipinski definition) is 1. The lowest BCUT2D eigenvalue weighted by Crippen LogP contribution is -2.33. The van der Waals surface area contributed by atoms with Gasteiger partial charge in [0.15, 0.2) is 0 Å². The van der Waals surface area contributed by atoms with Gasteiger partial charge in [-0.3, -0.25) is 9.78 Å². The Bertz CT molecular complexity index is 401. The first kappa shape index (κ1) is 15.0. The highest BCUT2D eigenvalue weighted by atomic mass is 16.2. The molecule has 1 N–H and O–H groups in total. The number of pyridine rings is 1. The van der Waals surface area contributed by atoms with Gasteiger partial charge in [-0.05, 0) is 62.9 Å². The fourth-order valence-electron chi connectivity index (χ4n) is 2.74. The summed E-state index contributed by atoms with van der Waals surface area (Å²) < 4.78 is 0. The summed E-state index contributed by atoms with van der Waals surface area (Å²) in [4.78, 5) is 18.3. The maximum Gasteiger partial charge on any atom is 0.222 e. The van der Waals surface area contributed by atoms with Crippen LogP contribution in [-0.2, 0) is 11.3 Å². The van der Waals surface area contributed by atoms with Crippen LogP contribution in [0, 0.1) is 5.92 Å². The molecule has 0 aromatic carbocycles. The number of carbonyl (C=O) groups excluding carboxylic acids is 1. The van der Waals surface area contributed by atoms with Gasteiger partial charge in [0.1, 0.15) is 0 Å². The fourth-order valence-corrected chi connectivity index (χ4v) is 2.74. The van der Waals surface area contributed by atoms with Gasteiger partial charge in [0.25, 0.3) is 0 Å². The van der Waals surface area contributed by atoms with Crippen molar-refractivity contribution in [3.63, 3.8) is 0 Å². The second kappa shape index (κ2) is 8.00. The maximum atomic E-state index is 12.3. The average molecular weight is 275 g/mol. The van der Waals surface area contributed by atoms with Gasteiger partial charge in [0.05, 0.1) is 0 Å². The molecule has 0 saturated carbocycles. The highest BCUT2D eigenvalue weighted by molar-refractivity contribution is 5.76. The molecule has 1 aliphatic heterocycles. The zero-order valence-electron chi connectivity index (χ0n) is 12.3. The summed E-state index contributed by atoms with van der Waals surface area (Å²) in [5.41, 5.74) is 1.15. The van der Waals surface area contributed by atoms with Gasteiger partial charge in [-0.15, -0.1) is 0 Å². The Labute approximate surface area is 121 Å². The zero-order valence-corrected chi connectivity index (χ0v) is 12.3. The minimum atomic E-state index is 0.273. The van der Waals surface area contributed by atoms with Crippen molar-refractivity contribution in [2.45, 2.75) is 39.2 Å². The first-order valence-electron chi connectivity index (χ1n) is 7.67. The van der Waals surface area contributed by atoms with Crippen molar-refractivity contribution in [1.29, 1.82) is 0 Å². The summed E-state index contributed by atoms with van der Waals surface area (Å²) in [6.45, 7) is 5.71. The van der Waals surface area contributed by atoms with E-state index in [4.69, 9.17) is 0 Å². The molecule has 0 radical (unpaired) electrons. The second-order valence-corrected chi connectivity index (χ2v) is 5.51. The van der Waals surface area contributed by atoms with Gasteiger partial charge in [-0.1, -0.05) is 0 Å². The van der Waals surface area contributed by atoms with Crippen molar-refractivity contribution < 1.29 is 4.79 Å². The van der Waals surface area contributed by atoms with E-state index in [2.05, 4.69) is 10.3 Å². The number of nitrogens with one attached hydrogen (secondary N) is 1. The predicted octanol–water partition coefficient (Wildman–Crippen LogP) is 2.21. The summed E-state index contributed by atoms with van der Waals surface area (Å²) in [5, 5.41) is 3.41. The number of carbonyl (C=O) groups is 1. The van der Waals surface area contributed by atoms with Gasteiger partial charge >= 0.3 is 0 Å². The molecule has 1 fully saturated rings. The van der Waals surface area contributed by atoms with Gasteiger partial charge in [0, 0.05) is 31.9 Å². The van der Waals surface area contributed by atoms with Crippen LogP contribution in [-0.4, -0.2) is 35.4 Å². The van der Waals surface area contributed by atoms with Crippen molar-refractivity contribution in [2.75, 3.05) is 19.6 Å². The Balaban J connectivity index is 1.79. The number of rotatable bonds is 6. The van der Waals surface area contributed by atoms with E-state index in [1.165, 1.54) is 12.8 Å². The molecule has 0 spiro atoms. The predicted molar refractivity (Wildman–Crippen MR) is 80.2 cm³/mol. The molecule has 4 heteroatoms. The molecule has 1 unspecified atom stereocenters. The SMILES string of the molecule is CCN(Cc1ccncc1)C(=O)CCC1CCCNC1. The lowest BCUT2D eigenvalue weighted by Gasteiger charge is -2.25. The highest BCUT2D eigenvalue weighted by Crippen LogP contribution is 2.17. The monoisotopic (exact) mass is 275 g/mol. The Morgan fingerprint density at radius 1 is 1.45 bits per heavy atom. The van der Waals surface area contributed by atoms with E-state index < -0.39 is 0 Å². The van der Waals surface area contributed by atoms with Crippen LogP contribution in [0.2, 0.25) is 0 Å². The summed E-state index contributed by atoms with van der Waals surface area (Å²) in [6, 6.07) is 3.95. The van der Waals surface area contributed by atoms with E-state index in [1.54, 1.807) is 12.4 Å². The maximum absolute atomic E-state index is 12.3. The summed E-state index contributed by atoms with van der Waals surface area (Å²) in [6.07, 6.45) is 7.75. The topological polar surface area (TPSA) is 45.2 Å². The van der Waals surface area contributed by atoms with Crippen LogP contribution in [0.5, 0.6) is 0 Å². The van der Waals surface area contributed by atoms with Crippen LogP contribution in [0.4, 0.5) is 0 Å². The molecule has 1 atom stereocenters. The smallest absolute Gasteiger partial charge is 0.222 e. The van der Waals surface area contributed by atoms with Crippen LogP contribution >= 0.6 is 0 Å². The molecular formula is C16H25N3O. The van der Waals surface area contributed by atoms with Gasteiger partial charge in [-0.2, -0.15) is 0 Å². The standard InChI is InChI=1S/C16H25N3O/c1-2-19(13-15-7-10-17-11-8-15)16(20)6-5-14-4-3-9-18-12-14/h7-8,10-11,14,18H,2-6,9,12-13H2,1H3. The third-order valence-electron chi connectivity index (χ3n) is 4.02. The molecule has 1 saturated heterocycles. The summed E-state index contributed by atoms with van der Waals surface area (Å²) >= 11 is 0. The van der Waals surface area contributed by atoms with Gasteiger partial charge in [0.2, 0.25) is 5.91 Å².